The highest BCUT2D eigenvalue weighted by molar-refractivity contribution is 5.79. The summed E-state index contributed by atoms with van der Waals surface area (Å²) in [6, 6.07) is 5.66. The number of aliphatic carboxylic acids is 1. The molecule has 1 aromatic rings. The molecule has 0 saturated heterocycles. The lowest BCUT2D eigenvalue weighted by Gasteiger charge is -2.18. The number of carboxylic acid groups (broad SMARTS) is 1. The summed E-state index contributed by atoms with van der Waals surface area (Å²) < 4.78 is 10.9. The minimum Gasteiger partial charge on any atom is -0.550 e. The molecule has 0 radical (unpaired) electrons. The van der Waals surface area contributed by atoms with Crippen LogP contribution in [0.5, 0.6) is 11.5 Å². The van der Waals surface area contributed by atoms with Crippen molar-refractivity contribution >= 4 is 11.9 Å². The first-order chi connectivity index (χ1) is 9.65. The van der Waals surface area contributed by atoms with E-state index in [1.807, 2.05) is 18.2 Å². The quantitative estimate of drug-likeness (QED) is 0.768. The standard InChI is InChI=1S/C14H17NO5/c16-13(3-4-14(17)18)15-6-5-10-1-2-11-12(9-10)20-8-7-19-11/h1-2,9H,3-8H2,(H,15,16)(H,17,18)/p-1. The summed E-state index contributed by atoms with van der Waals surface area (Å²) in [5, 5.41) is 12.9. The third-order valence-electron chi connectivity index (χ3n) is 2.90. The lowest BCUT2D eigenvalue weighted by molar-refractivity contribution is -0.305. The Morgan fingerprint density at radius 2 is 1.90 bits per heavy atom. The van der Waals surface area contributed by atoms with Gasteiger partial charge in [0.05, 0.1) is 0 Å². The third kappa shape index (κ3) is 4.15. The molecule has 6 nitrogen and oxygen atoms in total. The average Bonchev–Trinajstić information content (AvgIpc) is 2.45. The van der Waals surface area contributed by atoms with E-state index in [9.17, 15) is 14.7 Å². The van der Waals surface area contributed by atoms with Gasteiger partial charge in [0.1, 0.15) is 13.2 Å². The van der Waals surface area contributed by atoms with Crippen molar-refractivity contribution in [2.24, 2.45) is 0 Å². The molecule has 1 heterocycles. The molecule has 2 rings (SSSR count). The van der Waals surface area contributed by atoms with E-state index in [0.717, 1.165) is 17.1 Å². The van der Waals surface area contributed by atoms with E-state index in [2.05, 4.69) is 5.32 Å². The van der Waals surface area contributed by atoms with Gasteiger partial charge in [0, 0.05) is 18.9 Å². The Bertz CT molecular complexity index is 500. The molecular weight excluding hydrogens is 262 g/mol. The second kappa shape index (κ2) is 6.79. The maximum atomic E-state index is 11.3. The summed E-state index contributed by atoms with van der Waals surface area (Å²) in [7, 11) is 0. The topological polar surface area (TPSA) is 87.7 Å². The smallest absolute Gasteiger partial charge is 0.220 e. The Balaban J connectivity index is 1.76. The molecule has 0 aliphatic carbocycles. The molecule has 108 valence electrons. The van der Waals surface area contributed by atoms with Gasteiger partial charge in [-0.25, -0.2) is 0 Å². The van der Waals surface area contributed by atoms with E-state index in [1.54, 1.807) is 0 Å². The third-order valence-corrected chi connectivity index (χ3v) is 2.90. The Kier molecular flexibility index (Phi) is 4.81. The fourth-order valence-corrected chi connectivity index (χ4v) is 1.89. The molecule has 0 atom stereocenters. The fourth-order valence-electron chi connectivity index (χ4n) is 1.89. The second-order valence-corrected chi connectivity index (χ2v) is 4.45. The first-order valence-corrected chi connectivity index (χ1v) is 6.50. The van der Waals surface area contributed by atoms with E-state index in [0.29, 0.717) is 26.2 Å². The maximum Gasteiger partial charge on any atom is 0.220 e. The van der Waals surface area contributed by atoms with Gasteiger partial charge in [-0.05, 0) is 30.5 Å². The van der Waals surface area contributed by atoms with Crippen LogP contribution in [0.25, 0.3) is 0 Å². The number of nitrogens with one attached hydrogen (secondary N) is 1. The van der Waals surface area contributed by atoms with E-state index in [-0.39, 0.29) is 18.7 Å². The molecule has 0 fully saturated rings. The molecule has 0 unspecified atom stereocenters. The van der Waals surface area contributed by atoms with Gasteiger partial charge in [0.2, 0.25) is 5.91 Å². The molecule has 1 N–H and O–H groups in total. The largest absolute Gasteiger partial charge is 0.550 e. The number of carbonyl (C=O) groups is 2. The molecule has 0 spiro atoms. The summed E-state index contributed by atoms with van der Waals surface area (Å²) in [5.74, 6) is -0.0475. The molecule has 1 aliphatic rings. The molecule has 20 heavy (non-hydrogen) atoms. The number of hydrogen-bond donors (Lipinski definition) is 1. The van der Waals surface area contributed by atoms with Gasteiger partial charge in [0.25, 0.3) is 0 Å². The summed E-state index contributed by atoms with van der Waals surface area (Å²) in [5.41, 5.74) is 1.02. The van der Waals surface area contributed by atoms with Gasteiger partial charge in [-0.1, -0.05) is 6.07 Å². The summed E-state index contributed by atoms with van der Waals surface area (Å²) >= 11 is 0. The first kappa shape index (κ1) is 14.2. The van der Waals surface area contributed by atoms with E-state index < -0.39 is 5.97 Å². The van der Waals surface area contributed by atoms with Crippen LogP contribution < -0.4 is 19.9 Å². The van der Waals surface area contributed by atoms with Crippen molar-refractivity contribution in [2.75, 3.05) is 19.8 Å². The average molecular weight is 278 g/mol. The number of carboxylic acids is 1. The Labute approximate surface area is 116 Å². The molecule has 0 aromatic heterocycles. The van der Waals surface area contributed by atoms with E-state index >= 15 is 0 Å². The van der Waals surface area contributed by atoms with Gasteiger partial charge in [0.15, 0.2) is 11.5 Å². The minimum atomic E-state index is -1.22. The normalized spacial score (nSPS) is 12.8. The lowest BCUT2D eigenvalue weighted by atomic mass is 10.1. The van der Waals surface area contributed by atoms with Crippen molar-refractivity contribution in [3.63, 3.8) is 0 Å². The maximum absolute atomic E-state index is 11.3. The lowest BCUT2D eigenvalue weighted by Crippen LogP contribution is -2.29. The highest BCUT2D eigenvalue weighted by Crippen LogP contribution is 2.30. The molecular formula is C14H16NO5-. The Hall–Kier alpha value is -2.24. The number of hydrogen-bond acceptors (Lipinski definition) is 5. The van der Waals surface area contributed by atoms with Crippen LogP contribution in [-0.2, 0) is 16.0 Å². The van der Waals surface area contributed by atoms with Crippen molar-refractivity contribution in [3.05, 3.63) is 23.8 Å². The summed E-state index contributed by atoms with van der Waals surface area (Å²) in [6.45, 7) is 1.54. The number of fused-ring (bicyclic) bond motifs is 1. The summed E-state index contributed by atoms with van der Waals surface area (Å²) in [4.78, 5) is 21.5. The van der Waals surface area contributed by atoms with Gasteiger partial charge in [-0.15, -0.1) is 0 Å². The highest BCUT2D eigenvalue weighted by Gasteiger charge is 2.11. The zero-order chi connectivity index (χ0) is 14.4. The van der Waals surface area contributed by atoms with Crippen molar-refractivity contribution in [2.45, 2.75) is 19.3 Å². The predicted molar refractivity (Wildman–Crippen MR) is 68.4 cm³/mol. The van der Waals surface area contributed by atoms with Crippen LogP contribution in [0.1, 0.15) is 18.4 Å². The van der Waals surface area contributed by atoms with Crippen molar-refractivity contribution in [3.8, 4) is 11.5 Å². The van der Waals surface area contributed by atoms with Crippen LogP contribution >= 0.6 is 0 Å². The van der Waals surface area contributed by atoms with Crippen molar-refractivity contribution in [1.82, 2.24) is 5.32 Å². The zero-order valence-electron chi connectivity index (χ0n) is 11.0. The molecule has 0 saturated carbocycles. The predicted octanol–water partition coefficient (Wildman–Crippen LogP) is -0.353. The van der Waals surface area contributed by atoms with E-state index in [4.69, 9.17) is 9.47 Å². The van der Waals surface area contributed by atoms with Crippen molar-refractivity contribution in [1.29, 1.82) is 0 Å². The number of ether oxygens (including phenoxy) is 2. The molecule has 0 bridgehead atoms. The number of rotatable bonds is 6. The second-order valence-electron chi connectivity index (χ2n) is 4.45. The van der Waals surface area contributed by atoms with Crippen LogP contribution in [0, 0.1) is 0 Å². The minimum absolute atomic E-state index is 0.0521. The molecule has 6 heteroatoms. The molecule has 1 aromatic carbocycles. The molecule has 1 aliphatic heterocycles. The van der Waals surface area contributed by atoms with Crippen LogP contribution in [0.3, 0.4) is 0 Å². The van der Waals surface area contributed by atoms with Crippen LogP contribution in [0.4, 0.5) is 0 Å². The first-order valence-electron chi connectivity index (χ1n) is 6.50. The van der Waals surface area contributed by atoms with Crippen LogP contribution in [0.2, 0.25) is 0 Å². The zero-order valence-corrected chi connectivity index (χ0v) is 11.0. The molecule has 1 amide bonds. The fraction of sp³-hybridized carbons (Fsp3) is 0.429. The SMILES string of the molecule is O=C([O-])CCC(=O)NCCc1ccc2c(c1)OCCO2. The van der Waals surface area contributed by atoms with Gasteiger partial charge in [-0.3, -0.25) is 4.79 Å². The monoisotopic (exact) mass is 278 g/mol. The number of amides is 1. The Morgan fingerprint density at radius 3 is 2.65 bits per heavy atom. The van der Waals surface area contributed by atoms with Gasteiger partial charge < -0.3 is 24.7 Å². The van der Waals surface area contributed by atoms with E-state index in [1.165, 1.54) is 0 Å². The van der Waals surface area contributed by atoms with Crippen LogP contribution in [0.15, 0.2) is 18.2 Å². The van der Waals surface area contributed by atoms with Crippen LogP contribution in [-0.4, -0.2) is 31.6 Å². The number of carbonyl (C=O) groups excluding carboxylic acids is 2. The summed E-state index contributed by atoms with van der Waals surface area (Å²) in [6.07, 6.45) is 0.340. The highest BCUT2D eigenvalue weighted by atomic mass is 16.6. The Morgan fingerprint density at radius 1 is 1.15 bits per heavy atom. The van der Waals surface area contributed by atoms with Crippen molar-refractivity contribution < 1.29 is 24.2 Å². The van der Waals surface area contributed by atoms with Gasteiger partial charge >= 0.3 is 0 Å². The number of benzene rings is 1. The van der Waals surface area contributed by atoms with Gasteiger partial charge in [-0.2, -0.15) is 0 Å².